The number of rotatable bonds is 6. The number of carbonyl (C=O) groups excluding carboxylic acids is 2. The molecule has 2 aromatic carbocycles. The van der Waals surface area contributed by atoms with Crippen LogP contribution in [0.4, 0.5) is 9.52 Å². The van der Waals surface area contributed by atoms with Crippen LogP contribution in [0.2, 0.25) is 5.02 Å². The Morgan fingerprint density at radius 3 is 2.50 bits per heavy atom. The molecule has 164 valence electrons. The van der Waals surface area contributed by atoms with Gasteiger partial charge in [0.2, 0.25) is 5.13 Å². The first-order valence-corrected chi connectivity index (χ1v) is 11.9. The minimum atomic E-state index is -0.983. The van der Waals surface area contributed by atoms with E-state index in [1.807, 2.05) is 6.92 Å². The normalized spacial score (nSPS) is 17.8. The molecule has 0 spiro atoms. The standard InChI is InChI=1S/C22H17ClFN3O3S2/c1-2-11-31-22-26-25-21(32-22)27-17(12-5-9-15(24)10-6-12)16(19(29)20(27)30)18(28)13-3-7-14(23)8-4-13/h3-10,17,28H,2,11H2,1H3/b18-16+. The Hall–Kier alpha value is -2.75. The summed E-state index contributed by atoms with van der Waals surface area (Å²) in [7, 11) is 0. The van der Waals surface area contributed by atoms with Crippen LogP contribution in [0.1, 0.15) is 30.5 Å². The molecule has 0 radical (unpaired) electrons. The summed E-state index contributed by atoms with van der Waals surface area (Å²) in [4.78, 5) is 27.3. The van der Waals surface area contributed by atoms with Crippen molar-refractivity contribution in [1.82, 2.24) is 10.2 Å². The highest BCUT2D eigenvalue weighted by atomic mass is 35.5. The molecule has 1 aromatic heterocycles. The Bertz CT molecular complexity index is 1200. The number of thioether (sulfide) groups is 1. The lowest BCUT2D eigenvalue weighted by Gasteiger charge is -2.22. The van der Waals surface area contributed by atoms with Crippen molar-refractivity contribution < 1.29 is 19.1 Å². The third-order valence-corrected chi connectivity index (χ3v) is 7.29. The maximum absolute atomic E-state index is 13.6. The zero-order valence-electron chi connectivity index (χ0n) is 16.8. The second-order valence-electron chi connectivity index (χ2n) is 6.93. The molecule has 1 amide bonds. The van der Waals surface area contributed by atoms with Gasteiger partial charge in [0.15, 0.2) is 4.34 Å². The average molecular weight is 490 g/mol. The monoisotopic (exact) mass is 489 g/mol. The molecule has 1 aliphatic heterocycles. The van der Waals surface area contributed by atoms with Gasteiger partial charge >= 0.3 is 5.91 Å². The number of nitrogens with zero attached hydrogens (tertiary/aromatic N) is 3. The Kier molecular flexibility index (Phi) is 6.59. The predicted octanol–water partition coefficient (Wildman–Crippen LogP) is 5.46. The fourth-order valence-electron chi connectivity index (χ4n) is 3.30. The Balaban J connectivity index is 1.86. The molecular formula is C22H17ClFN3O3S2. The van der Waals surface area contributed by atoms with Gasteiger partial charge in [0.25, 0.3) is 5.78 Å². The van der Waals surface area contributed by atoms with Crippen molar-refractivity contribution in [3.63, 3.8) is 0 Å². The van der Waals surface area contributed by atoms with Crippen molar-refractivity contribution in [1.29, 1.82) is 0 Å². The van der Waals surface area contributed by atoms with Gasteiger partial charge in [-0.25, -0.2) is 4.39 Å². The molecule has 10 heteroatoms. The summed E-state index contributed by atoms with van der Waals surface area (Å²) in [6.45, 7) is 2.04. The SMILES string of the molecule is CCCSc1nnc(N2C(=O)C(=O)/C(=C(/O)c3ccc(Cl)cc3)C2c2ccc(F)cc2)s1. The van der Waals surface area contributed by atoms with Gasteiger partial charge in [-0.2, -0.15) is 0 Å². The van der Waals surface area contributed by atoms with Gasteiger partial charge in [0, 0.05) is 16.3 Å². The van der Waals surface area contributed by atoms with Gasteiger partial charge in [0.1, 0.15) is 11.6 Å². The van der Waals surface area contributed by atoms with Crippen LogP contribution in [0.5, 0.6) is 0 Å². The number of carbonyl (C=O) groups is 2. The third-order valence-electron chi connectivity index (χ3n) is 4.78. The highest BCUT2D eigenvalue weighted by molar-refractivity contribution is 8.01. The second kappa shape index (κ2) is 9.40. The maximum Gasteiger partial charge on any atom is 0.301 e. The van der Waals surface area contributed by atoms with Crippen molar-refractivity contribution in [2.75, 3.05) is 10.7 Å². The first-order valence-electron chi connectivity index (χ1n) is 9.69. The molecular weight excluding hydrogens is 473 g/mol. The van der Waals surface area contributed by atoms with Crippen LogP contribution >= 0.6 is 34.7 Å². The van der Waals surface area contributed by atoms with Crippen LogP contribution in [-0.2, 0) is 9.59 Å². The fourth-order valence-corrected chi connectivity index (χ4v) is 5.22. The summed E-state index contributed by atoms with van der Waals surface area (Å²) in [5.74, 6) is -1.66. The van der Waals surface area contributed by atoms with E-state index in [-0.39, 0.29) is 16.5 Å². The van der Waals surface area contributed by atoms with E-state index in [1.54, 1.807) is 24.3 Å². The topological polar surface area (TPSA) is 83.4 Å². The van der Waals surface area contributed by atoms with Crippen molar-refractivity contribution in [2.45, 2.75) is 23.7 Å². The van der Waals surface area contributed by atoms with E-state index in [9.17, 15) is 19.1 Å². The lowest BCUT2D eigenvalue weighted by atomic mass is 9.95. The zero-order valence-corrected chi connectivity index (χ0v) is 19.2. The van der Waals surface area contributed by atoms with Crippen LogP contribution in [-0.4, -0.2) is 32.7 Å². The molecule has 1 fully saturated rings. The predicted molar refractivity (Wildman–Crippen MR) is 124 cm³/mol. The summed E-state index contributed by atoms with van der Waals surface area (Å²) in [5.41, 5.74) is 0.678. The van der Waals surface area contributed by atoms with Crippen LogP contribution in [0.25, 0.3) is 5.76 Å². The molecule has 1 atom stereocenters. The van der Waals surface area contributed by atoms with Crippen LogP contribution in [0, 0.1) is 5.82 Å². The number of hydrogen-bond donors (Lipinski definition) is 1. The average Bonchev–Trinajstić information content (AvgIpc) is 3.35. The molecule has 4 rings (SSSR count). The summed E-state index contributed by atoms with van der Waals surface area (Å²) >= 11 is 8.62. The van der Waals surface area contributed by atoms with E-state index in [4.69, 9.17) is 11.6 Å². The summed E-state index contributed by atoms with van der Waals surface area (Å²) in [6.07, 6.45) is 0.945. The first-order chi connectivity index (χ1) is 15.4. The van der Waals surface area contributed by atoms with Crippen molar-refractivity contribution in [3.8, 4) is 0 Å². The molecule has 2 heterocycles. The number of ketones is 1. The maximum atomic E-state index is 13.6. The Labute approximate surface area is 196 Å². The van der Waals surface area contributed by atoms with Crippen molar-refractivity contribution in [3.05, 3.63) is 76.1 Å². The van der Waals surface area contributed by atoms with Gasteiger partial charge in [-0.1, -0.05) is 53.8 Å². The van der Waals surface area contributed by atoms with E-state index >= 15 is 0 Å². The van der Waals surface area contributed by atoms with E-state index in [2.05, 4.69) is 10.2 Å². The van der Waals surface area contributed by atoms with Gasteiger partial charge in [0.05, 0.1) is 11.6 Å². The molecule has 0 saturated carbocycles. The van der Waals surface area contributed by atoms with E-state index in [1.165, 1.54) is 52.3 Å². The molecule has 0 bridgehead atoms. The summed E-state index contributed by atoms with van der Waals surface area (Å²) in [5, 5.41) is 19.9. The number of aromatic nitrogens is 2. The van der Waals surface area contributed by atoms with Crippen molar-refractivity contribution >= 4 is 57.3 Å². The number of anilines is 1. The number of aliphatic hydroxyl groups excluding tert-OH is 1. The fraction of sp³-hybridized carbons (Fsp3) is 0.182. The number of benzene rings is 2. The number of aliphatic hydroxyl groups is 1. The number of amides is 1. The van der Waals surface area contributed by atoms with E-state index in [0.717, 1.165) is 12.2 Å². The molecule has 3 aromatic rings. The molecule has 0 aliphatic carbocycles. The van der Waals surface area contributed by atoms with Crippen LogP contribution in [0.3, 0.4) is 0 Å². The zero-order chi connectivity index (χ0) is 22.8. The summed E-state index contributed by atoms with van der Waals surface area (Å²) < 4.78 is 14.2. The number of halogens is 2. The van der Waals surface area contributed by atoms with Gasteiger partial charge < -0.3 is 5.11 Å². The largest absolute Gasteiger partial charge is 0.507 e. The lowest BCUT2D eigenvalue weighted by molar-refractivity contribution is -0.132. The minimum Gasteiger partial charge on any atom is -0.507 e. The molecule has 1 N–H and O–H groups in total. The molecule has 1 unspecified atom stereocenters. The highest BCUT2D eigenvalue weighted by Crippen LogP contribution is 2.43. The Morgan fingerprint density at radius 2 is 1.84 bits per heavy atom. The third kappa shape index (κ3) is 4.28. The molecule has 32 heavy (non-hydrogen) atoms. The van der Waals surface area contributed by atoms with E-state index < -0.39 is 23.5 Å². The van der Waals surface area contributed by atoms with Gasteiger partial charge in [-0.05, 0) is 48.4 Å². The summed E-state index contributed by atoms with van der Waals surface area (Å²) in [6, 6.07) is 10.7. The minimum absolute atomic E-state index is 0.109. The molecule has 1 saturated heterocycles. The van der Waals surface area contributed by atoms with Crippen molar-refractivity contribution in [2.24, 2.45) is 0 Å². The van der Waals surface area contributed by atoms with Crippen LogP contribution < -0.4 is 4.90 Å². The number of hydrogen-bond acceptors (Lipinski definition) is 7. The first kappa shape index (κ1) is 22.4. The highest BCUT2D eigenvalue weighted by Gasteiger charge is 2.48. The van der Waals surface area contributed by atoms with E-state index in [0.29, 0.717) is 20.5 Å². The Morgan fingerprint density at radius 1 is 1.16 bits per heavy atom. The van der Waals surface area contributed by atoms with Gasteiger partial charge in [-0.15, -0.1) is 10.2 Å². The van der Waals surface area contributed by atoms with Crippen LogP contribution in [0.15, 0.2) is 58.4 Å². The quantitative estimate of drug-likeness (QED) is 0.163. The molecule has 6 nitrogen and oxygen atoms in total. The number of Topliss-reactive ketones (excluding diaryl/α,β-unsaturated/α-hetero) is 1. The smallest absolute Gasteiger partial charge is 0.301 e. The second-order valence-corrected chi connectivity index (χ2v) is 9.66. The lowest BCUT2D eigenvalue weighted by Crippen LogP contribution is -2.29. The van der Waals surface area contributed by atoms with Gasteiger partial charge in [-0.3, -0.25) is 14.5 Å². The molecule has 1 aliphatic rings.